The van der Waals surface area contributed by atoms with E-state index in [2.05, 4.69) is 31.7 Å². The molecule has 35 heavy (non-hydrogen) atoms. The van der Waals surface area contributed by atoms with Gasteiger partial charge in [0.05, 0.1) is 12.1 Å². The van der Waals surface area contributed by atoms with E-state index in [1.165, 1.54) is 0 Å². The summed E-state index contributed by atoms with van der Waals surface area (Å²) >= 11 is 0. The quantitative estimate of drug-likeness (QED) is 0.216. The number of alkyl carbamates (subject to hydrolysis) is 1. The third-order valence-corrected chi connectivity index (χ3v) is 5.32. The van der Waals surface area contributed by atoms with Crippen LogP contribution in [0.3, 0.4) is 0 Å². The fraction of sp³-hybridized carbons (Fsp3) is 0.478. The van der Waals surface area contributed by atoms with E-state index in [1.807, 2.05) is 18.3 Å². The Kier molecular flexibility index (Phi) is 10.3. The molecule has 0 saturated heterocycles. The number of carbonyl (C=O) groups is 3. The largest absolute Gasteiger partial charge is 0.480 e. The summed E-state index contributed by atoms with van der Waals surface area (Å²) in [6, 6.07) is 7.68. The number of hydrogen-bond acceptors (Lipinski definition) is 9. The Hall–Kier alpha value is -3.64. The molecule has 12 heteroatoms. The van der Waals surface area contributed by atoms with Crippen LogP contribution < -0.4 is 26.6 Å². The van der Waals surface area contributed by atoms with Crippen LogP contribution in [-0.2, 0) is 25.8 Å². The van der Waals surface area contributed by atoms with Crippen molar-refractivity contribution in [1.82, 2.24) is 26.6 Å². The second kappa shape index (κ2) is 13.9. The predicted octanol–water partition coefficient (Wildman–Crippen LogP) is 0.377. The van der Waals surface area contributed by atoms with Crippen molar-refractivity contribution >= 4 is 23.7 Å². The van der Waals surface area contributed by atoms with Crippen LogP contribution in [-0.4, -0.2) is 66.9 Å². The Balaban J connectivity index is 1.28. The first-order chi connectivity index (χ1) is 17.0. The van der Waals surface area contributed by atoms with Crippen LogP contribution in [0.2, 0.25) is 0 Å². The van der Waals surface area contributed by atoms with E-state index in [0.29, 0.717) is 6.42 Å². The van der Waals surface area contributed by atoms with Gasteiger partial charge in [-0.2, -0.15) is 0 Å². The van der Waals surface area contributed by atoms with Gasteiger partial charge in [-0.25, -0.2) is 9.59 Å². The van der Waals surface area contributed by atoms with Crippen LogP contribution in [0, 0.1) is 0 Å². The Morgan fingerprint density at radius 1 is 1.26 bits per heavy atom. The number of nitrogens with one attached hydrogen (secondary N) is 5. The molecule has 3 unspecified atom stereocenters. The third kappa shape index (κ3) is 9.63. The fourth-order valence-electron chi connectivity index (χ4n) is 3.48. The Bertz CT molecular complexity index is 909. The molecule has 2 aliphatic rings. The summed E-state index contributed by atoms with van der Waals surface area (Å²) in [7, 11) is 0. The summed E-state index contributed by atoms with van der Waals surface area (Å²) in [5, 5.41) is 27.9. The number of carboxylic acid groups (broad SMARTS) is 1. The molecule has 2 amide bonds. The number of nitrogens with zero attached hydrogens (tertiary/aromatic N) is 1. The van der Waals surface area contributed by atoms with Crippen LogP contribution in [0.5, 0.6) is 0 Å². The van der Waals surface area contributed by atoms with E-state index in [-0.39, 0.29) is 31.8 Å². The molecular formula is C23H32N6O6. The maximum absolute atomic E-state index is 12.3. The second-order valence-corrected chi connectivity index (χ2v) is 8.16. The van der Waals surface area contributed by atoms with Gasteiger partial charge in [-0.05, 0) is 31.1 Å². The number of carbonyl (C=O) groups excluding carboxylic acids is 2. The number of oxime groups is 1. The zero-order chi connectivity index (χ0) is 24.9. The summed E-state index contributed by atoms with van der Waals surface area (Å²) in [4.78, 5) is 41.0. The zero-order valence-corrected chi connectivity index (χ0v) is 19.4. The van der Waals surface area contributed by atoms with Crippen molar-refractivity contribution in [2.45, 2.75) is 50.7 Å². The average Bonchev–Trinajstić information content (AvgIpc) is 3.31. The molecule has 0 bridgehead atoms. The van der Waals surface area contributed by atoms with Gasteiger partial charge >= 0.3 is 12.1 Å². The van der Waals surface area contributed by atoms with Gasteiger partial charge in [-0.1, -0.05) is 41.6 Å². The smallest absolute Gasteiger partial charge is 0.408 e. The van der Waals surface area contributed by atoms with E-state index >= 15 is 0 Å². The van der Waals surface area contributed by atoms with Gasteiger partial charge in [-0.15, -0.1) is 0 Å². The lowest BCUT2D eigenvalue weighted by atomic mass is 10.1. The SMILES string of the molecule is O=C(CC1CC(CCCNC2NC=CCN2)=NO1)NCC(NC(=O)OCc1ccccc1)C(=O)O. The second-order valence-electron chi connectivity index (χ2n) is 8.16. The molecule has 0 saturated carbocycles. The molecule has 1 aromatic carbocycles. The van der Waals surface area contributed by atoms with E-state index < -0.39 is 24.2 Å². The molecule has 1 aromatic rings. The summed E-state index contributed by atoms with van der Waals surface area (Å²) in [5.74, 6) is -1.67. The lowest BCUT2D eigenvalue weighted by Gasteiger charge is -2.22. The van der Waals surface area contributed by atoms with Crippen molar-refractivity contribution < 1.29 is 29.1 Å². The number of benzene rings is 1. The number of hydrogen-bond donors (Lipinski definition) is 6. The van der Waals surface area contributed by atoms with Crippen LogP contribution in [0.25, 0.3) is 0 Å². The number of amides is 2. The molecule has 2 aliphatic heterocycles. The molecule has 2 heterocycles. The van der Waals surface area contributed by atoms with E-state index in [4.69, 9.17) is 9.57 Å². The number of aliphatic carboxylic acids is 1. The molecule has 3 rings (SSSR count). The van der Waals surface area contributed by atoms with Crippen molar-refractivity contribution in [3.63, 3.8) is 0 Å². The summed E-state index contributed by atoms with van der Waals surface area (Å²) < 4.78 is 5.03. The minimum Gasteiger partial charge on any atom is -0.480 e. The highest BCUT2D eigenvalue weighted by atomic mass is 16.6. The molecule has 0 spiro atoms. The summed E-state index contributed by atoms with van der Waals surface area (Å²) in [5.41, 5.74) is 1.66. The molecule has 0 aliphatic carbocycles. The Morgan fingerprint density at radius 3 is 2.83 bits per heavy atom. The predicted molar refractivity (Wildman–Crippen MR) is 127 cm³/mol. The maximum atomic E-state index is 12.3. The first-order valence-electron chi connectivity index (χ1n) is 11.6. The van der Waals surface area contributed by atoms with Gasteiger partial charge in [-0.3, -0.25) is 15.4 Å². The third-order valence-electron chi connectivity index (χ3n) is 5.32. The fourth-order valence-corrected chi connectivity index (χ4v) is 3.48. The van der Waals surface area contributed by atoms with Crippen LogP contribution in [0.15, 0.2) is 47.8 Å². The standard InChI is InChI=1S/C23H32N6O6/c30-20(13-18-12-17(29-35-18)8-4-9-24-22-25-10-5-11-26-22)27-14-19(21(31)32)28-23(33)34-15-16-6-2-1-3-7-16/h1-3,5-7,10,18-19,22,24-26H,4,8-9,11-15H2,(H,27,30)(H,28,33)(H,31,32). The first kappa shape index (κ1) is 26.0. The van der Waals surface area contributed by atoms with Crippen molar-refractivity contribution in [1.29, 1.82) is 0 Å². The van der Waals surface area contributed by atoms with Gasteiger partial charge < -0.3 is 30.6 Å². The summed E-state index contributed by atoms with van der Waals surface area (Å²) in [6.07, 6.45) is 4.89. The van der Waals surface area contributed by atoms with Gasteiger partial charge in [0.1, 0.15) is 25.0 Å². The highest BCUT2D eigenvalue weighted by Gasteiger charge is 2.26. The minimum atomic E-state index is -1.32. The zero-order valence-electron chi connectivity index (χ0n) is 19.4. The van der Waals surface area contributed by atoms with E-state index in [1.54, 1.807) is 24.3 Å². The number of rotatable bonds is 13. The topological polar surface area (TPSA) is 162 Å². The highest BCUT2D eigenvalue weighted by Crippen LogP contribution is 2.16. The van der Waals surface area contributed by atoms with E-state index in [9.17, 15) is 19.5 Å². The molecule has 0 aromatic heterocycles. The lowest BCUT2D eigenvalue weighted by Crippen LogP contribution is -2.53. The number of ether oxygens (including phenoxy) is 1. The monoisotopic (exact) mass is 488 g/mol. The van der Waals surface area contributed by atoms with Crippen molar-refractivity contribution in [3.05, 3.63) is 48.2 Å². The minimum absolute atomic E-state index is 0.00842. The Labute approximate surface area is 203 Å². The van der Waals surface area contributed by atoms with Crippen molar-refractivity contribution in [2.75, 3.05) is 19.6 Å². The molecule has 190 valence electrons. The average molecular weight is 489 g/mol. The molecular weight excluding hydrogens is 456 g/mol. The van der Waals surface area contributed by atoms with Gasteiger partial charge in [0.2, 0.25) is 5.91 Å². The first-order valence-corrected chi connectivity index (χ1v) is 11.6. The molecule has 6 N–H and O–H groups in total. The number of carboxylic acids is 1. The van der Waals surface area contributed by atoms with Crippen molar-refractivity contribution in [3.8, 4) is 0 Å². The van der Waals surface area contributed by atoms with Gasteiger partial charge in [0.15, 0.2) is 0 Å². The normalized spacial score (nSPS) is 19.6. The Morgan fingerprint density at radius 2 is 2.09 bits per heavy atom. The molecule has 0 fully saturated rings. The van der Waals surface area contributed by atoms with Crippen LogP contribution in [0.1, 0.15) is 31.2 Å². The summed E-state index contributed by atoms with van der Waals surface area (Å²) in [6.45, 7) is 1.34. The van der Waals surface area contributed by atoms with Gasteiger partial charge in [0.25, 0.3) is 0 Å². The van der Waals surface area contributed by atoms with Crippen molar-refractivity contribution in [2.24, 2.45) is 5.16 Å². The van der Waals surface area contributed by atoms with Crippen LogP contribution >= 0.6 is 0 Å². The maximum Gasteiger partial charge on any atom is 0.408 e. The molecule has 0 radical (unpaired) electrons. The molecule has 12 nitrogen and oxygen atoms in total. The van der Waals surface area contributed by atoms with E-state index in [0.717, 1.165) is 37.2 Å². The highest BCUT2D eigenvalue weighted by molar-refractivity contribution is 5.87. The lowest BCUT2D eigenvalue weighted by molar-refractivity contribution is -0.139. The molecule has 3 atom stereocenters. The van der Waals surface area contributed by atoms with Gasteiger partial charge in [0, 0.05) is 19.5 Å². The van der Waals surface area contributed by atoms with Crippen LogP contribution in [0.4, 0.5) is 4.79 Å².